The second-order valence-electron chi connectivity index (χ2n) is 5.82. The molecular weight excluding hydrogens is 274 g/mol. The van der Waals surface area contributed by atoms with Crippen molar-refractivity contribution >= 4 is 0 Å². The first-order chi connectivity index (χ1) is 10.6. The summed E-state index contributed by atoms with van der Waals surface area (Å²) in [5.74, 6) is 1.15. The van der Waals surface area contributed by atoms with Gasteiger partial charge in [-0.1, -0.05) is 43.3 Å². The van der Waals surface area contributed by atoms with Gasteiger partial charge in [0, 0.05) is 6.54 Å². The zero-order valence-electron chi connectivity index (χ0n) is 13.3. The van der Waals surface area contributed by atoms with Crippen LogP contribution in [-0.4, -0.2) is 17.8 Å². The summed E-state index contributed by atoms with van der Waals surface area (Å²) >= 11 is 0. The van der Waals surface area contributed by atoms with E-state index in [0.29, 0.717) is 19.6 Å². The third kappa shape index (κ3) is 4.58. The van der Waals surface area contributed by atoms with Gasteiger partial charge in [0.1, 0.15) is 12.4 Å². The van der Waals surface area contributed by atoms with Crippen molar-refractivity contribution in [1.29, 1.82) is 0 Å². The largest absolute Gasteiger partial charge is 0.489 e. The first-order valence-corrected chi connectivity index (χ1v) is 7.75. The molecule has 2 rings (SSSR count). The van der Waals surface area contributed by atoms with Crippen LogP contribution < -0.4 is 10.5 Å². The SMILES string of the molecule is Cc1cc(OCc2ccccc2)ccc1C(C)CC(O)CN. The van der Waals surface area contributed by atoms with Gasteiger partial charge in [-0.25, -0.2) is 0 Å². The molecule has 0 radical (unpaired) electrons. The summed E-state index contributed by atoms with van der Waals surface area (Å²) in [7, 11) is 0. The van der Waals surface area contributed by atoms with E-state index in [1.807, 2.05) is 24.3 Å². The van der Waals surface area contributed by atoms with E-state index in [2.05, 4.69) is 38.1 Å². The van der Waals surface area contributed by atoms with Gasteiger partial charge >= 0.3 is 0 Å². The molecular formula is C19H25NO2. The fourth-order valence-corrected chi connectivity index (χ4v) is 2.66. The molecule has 0 fully saturated rings. The Kier molecular flexibility index (Phi) is 5.99. The van der Waals surface area contributed by atoms with E-state index < -0.39 is 6.10 Å². The summed E-state index contributed by atoms with van der Waals surface area (Å²) in [6.45, 7) is 5.07. The van der Waals surface area contributed by atoms with Gasteiger partial charge in [0.05, 0.1) is 6.10 Å². The van der Waals surface area contributed by atoms with Gasteiger partial charge in [0.25, 0.3) is 0 Å². The van der Waals surface area contributed by atoms with E-state index in [0.717, 1.165) is 11.3 Å². The van der Waals surface area contributed by atoms with Crippen LogP contribution in [0.1, 0.15) is 36.0 Å². The Morgan fingerprint density at radius 3 is 2.50 bits per heavy atom. The van der Waals surface area contributed by atoms with Gasteiger partial charge in [-0.15, -0.1) is 0 Å². The highest BCUT2D eigenvalue weighted by Crippen LogP contribution is 2.27. The number of aliphatic hydroxyl groups excluding tert-OH is 1. The summed E-state index contributed by atoms with van der Waals surface area (Å²) in [6, 6.07) is 16.3. The van der Waals surface area contributed by atoms with Crippen LogP contribution in [0.5, 0.6) is 5.75 Å². The van der Waals surface area contributed by atoms with Crippen molar-refractivity contribution in [2.24, 2.45) is 5.73 Å². The molecule has 0 amide bonds. The molecule has 0 heterocycles. The Morgan fingerprint density at radius 2 is 1.86 bits per heavy atom. The maximum absolute atomic E-state index is 9.70. The van der Waals surface area contributed by atoms with E-state index in [1.54, 1.807) is 0 Å². The highest BCUT2D eigenvalue weighted by Gasteiger charge is 2.13. The van der Waals surface area contributed by atoms with Crippen molar-refractivity contribution in [3.8, 4) is 5.75 Å². The molecule has 0 saturated heterocycles. The Bertz CT molecular complexity index is 583. The van der Waals surface area contributed by atoms with Gasteiger partial charge in [-0.05, 0) is 48.1 Å². The van der Waals surface area contributed by atoms with E-state index in [4.69, 9.17) is 10.5 Å². The zero-order valence-corrected chi connectivity index (χ0v) is 13.3. The molecule has 0 spiro atoms. The standard InChI is InChI=1S/C19H25NO2/c1-14(10-17(21)12-20)19-9-8-18(11-15(19)2)22-13-16-6-4-3-5-7-16/h3-9,11,14,17,21H,10,12-13,20H2,1-2H3. The third-order valence-corrected chi connectivity index (χ3v) is 3.92. The smallest absolute Gasteiger partial charge is 0.120 e. The zero-order chi connectivity index (χ0) is 15.9. The monoisotopic (exact) mass is 299 g/mol. The van der Waals surface area contributed by atoms with E-state index in [9.17, 15) is 5.11 Å². The molecule has 0 aliphatic rings. The second kappa shape index (κ2) is 7.97. The molecule has 0 aliphatic carbocycles. The average Bonchev–Trinajstić information content (AvgIpc) is 2.53. The minimum Gasteiger partial charge on any atom is -0.489 e. The van der Waals surface area contributed by atoms with Crippen molar-refractivity contribution in [1.82, 2.24) is 0 Å². The van der Waals surface area contributed by atoms with Crippen LogP contribution in [0, 0.1) is 6.92 Å². The lowest BCUT2D eigenvalue weighted by atomic mass is 9.91. The first-order valence-electron chi connectivity index (χ1n) is 7.75. The molecule has 2 unspecified atom stereocenters. The maximum Gasteiger partial charge on any atom is 0.120 e. The van der Waals surface area contributed by atoms with Crippen molar-refractivity contribution in [3.63, 3.8) is 0 Å². The number of aliphatic hydroxyl groups is 1. The van der Waals surface area contributed by atoms with Crippen LogP contribution in [0.3, 0.4) is 0 Å². The first kappa shape index (κ1) is 16.5. The second-order valence-corrected chi connectivity index (χ2v) is 5.82. The lowest BCUT2D eigenvalue weighted by Crippen LogP contribution is -2.21. The molecule has 22 heavy (non-hydrogen) atoms. The Balaban J connectivity index is 2.00. The summed E-state index contributed by atoms with van der Waals surface area (Å²) < 4.78 is 5.84. The topological polar surface area (TPSA) is 55.5 Å². The Morgan fingerprint density at radius 1 is 1.14 bits per heavy atom. The summed E-state index contributed by atoms with van der Waals surface area (Å²) in [6.07, 6.45) is 0.241. The summed E-state index contributed by atoms with van der Waals surface area (Å²) in [5.41, 5.74) is 9.06. The van der Waals surface area contributed by atoms with Crippen molar-refractivity contribution in [3.05, 3.63) is 65.2 Å². The molecule has 2 aromatic carbocycles. The fraction of sp³-hybridized carbons (Fsp3) is 0.368. The van der Waals surface area contributed by atoms with Crippen LogP contribution in [0.15, 0.2) is 48.5 Å². The van der Waals surface area contributed by atoms with Crippen molar-refractivity contribution in [2.45, 2.75) is 38.9 Å². The molecule has 118 valence electrons. The summed E-state index contributed by atoms with van der Waals surface area (Å²) in [4.78, 5) is 0. The quantitative estimate of drug-likeness (QED) is 0.824. The van der Waals surface area contributed by atoms with Crippen molar-refractivity contribution < 1.29 is 9.84 Å². The van der Waals surface area contributed by atoms with Crippen molar-refractivity contribution in [2.75, 3.05) is 6.54 Å². The minimum atomic E-state index is -0.441. The molecule has 0 aromatic heterocycles. The highest BCUT2D eigenvalue weighted by atomic mass is 16.5. The fourth-order valence-electron chi connectivity index (χ4n) is 2.66. The van der Waals surface area contributed by atoms with Crippen LogP contribution >= 0.6 is 0 Å². The highest BCUT2D eigenvalue weighted by molar-refractivity contribution is 5.37. The Hall–Kier alpha value is -1.84. The maximum atomic E-state index is 9.70. The van der Waals surface area contributed by atoms with Gasteiger partial charge < -0.3 is 15.6 Å². The number of rotatable bonds is 7. The Labute approximate surface area is 132 Å². The molecule has 3 nitrogen and oxygen atoms in total. The molecule has 3 N–H and O–H groups in total. The predicted molar refractivity (Wildman–Crippen MR) is 90.0 cm³/mol. The molecule has 2 aromatic rings. The molecule has 0 saturated carbocycles. The number of nitrogens with two attached hydrogens (primary N) is 1. The van der Waals surface area contributed by atoms with Gasteiger partial charge in [0.15, 0.2) is 0 Å². The number of aryl methyl sites for hydroxylation is 1. The number of hydrogen-bond donors (Lipinski definition) is 2. The van der Waals surface area contributed by atoms with Crippen LogP contribution in [0.25, 0.3) is 0 Å². The van der Waals surface area contributed by atoms with Crippen LogP contribution in [0.2, 0.25) is 0 Å². The number of ether oxygens (including phenoxy) is 1. The summed E-state index contributed by atoms with van der Waals surface area (Å²) in [5, 5.41) is 9.70. The average molecular weight is 299 g/mol. The molecule has 0 aliphatic heterocycles. The normalized spacial score (nSPS) is 13.6. The third-order valence-electron chi connectivity index (χ3n) is 3.92. The van der Waals surface area contributed by atoms with E-state index in [-0.39, 0.29) is 5.92 Å². The number of benzene rings is 2. The predicted octanol–water partition coefficient (Wildman–Crippen LogP) is 3.39. The van der Waals surface area contributed by atoms with Gasteiger partial charge in [-0.2, -0.15) is 0 Å². The lowest BCUT2D eigenvalue weighted by molar-refractivity contribution is 0.165. The van der Waals surface area contributed by atoms with Crippen LogP contribution in [-0.2, 0) is 6.61 Å². The molecule has 0 bridgehead atoms. The number of hydrogen-bond acceptors (Lipinski definition) is 3. The minimum absolute atomic E-state index is 0.279. The van der Waals surface area contributed by atoms with E-state index >= 15 is 0 Å². The van der Waals surface area contributed by atoms with E-state index in [1.165, 1.54) is 11.1 Å². The lowest BCUT2D eigenvalue weighted by Gasteiger charge is -2.18. The molecule has 3 heteroatoms. The molecule has 2 atom stereocenters. The van der Waals surface area contributed by atoms with Crippen LogP contribution in [0.4, 0.5) is 0 Å². The van der Waals surface area contributed by atoms with Gasteiger partial charge in [-0.3, -0.25) is 0 Å². The van der Waals surface area contributed by atoms with Gasteiger partial charge in [0.2, 0.25) is 0 Å².